The Bertz CT molecular complexity index is 256. The van der Waals surface area contributed by atoms with E-state index in [1.165, 1.54) is 12.8 Å². The van der Waals surface area contributed by atoms with Crippen LogP contribution in [0.15, 0.2) is 0 Å². The van der Waals surface area contributed by atoms with Gasteiger partial charge in [0.25, 0.3) is 0 Å². The highest BCUT2D eigenvalue weighted by Gasteiger charge is 2.41. The summed E-state index contributed by atoms with van der Waals surface area (Å²) in [5.74, 6) is 0.265. The third-order valence-electron chi connectivity index (χ3n) is 4.22. The van der Waals surface area contributed by atoms with E-state index in [1.54, 1.807) is 7.11 Å². The predicted molar refractivity (Wildman–Crippen MR) is 66.8 cm³/mol. The van der Waals surface area contributed by atoms with Crippen molar-refractivity contribution in [3.8, 4) is 0 Å². The van der Waals surface area contributed by atoms with Gasteiger partial charge in [-0.1, -0.05) is 12.8 Å². The van der Waals surface area contributed by atoms with Crippen LogP contribution in [0.5, 0.6) is 0 Å². The molecule has 98 valence electrons. The third-order valence-corrected chi connectivity index (χ3v) is 4.22. The maximum Gasteiger partial charge on any atom is 0.226 e. The monoisotopic (exact) mass is 240 g/mol. The van der Waals surface area contributed by atoms with E-state index in [2.05, 4.69) is 10.6 Å². The molecule has 2 aliphatic rings. The summed E-state index contributed by atoms with van der Waals surface area (Å²) >= 11 is 0. The van der Waals surface area contributed by atoms with Gasteiger partial charge in [-0.3, -0.25) is 4.79 Å². The first-order valence-corrected chi connectivity index (χ1v) is 6.77. The third kappa shape index (κ3) is 2.99. The van der Waals surface area contributed by atoms with Crippen LogP contribution in [-0.2, 0) is 9.53 Å². The Morgan fingerprint density at radius 2 is 2.24 bits per heavy atom. The number of methoxy groups -OCH3 is 1. The van der Waals surface area contributed by atoms with Crippen LogP contribution in [0, 0.1) is 5.41 Å². The van der Waals surface area contributed by atoms with Crippen molar-refractivity contribution in [2.45, 2.75) is 44.6 Å². The molecule has 0 aromatic carbocycles. The summed E-state index contributed by atoms with van der Waals surface area (Å²) in [7, 11) is 1.71. The smallest absolute Gasteiger partial charge is 0.226 e. The number of amides is 1. The molecule has 4 heteroatoms. The van der Waals surface area contributed by atoms with Crippen LogP contribution in [0.2, 0.25) is 0 Å². The van der Waals surface area contributed by atoms with E-state index in [-0.39, 0.29) is 11.3 Å². The van der Waals surface area contributed by atoms with Crippen molar-refractivity contribution in [1.29, 1.82) is 0 Å². The van der Waals surface area contributed by atoms with E-state index in [0.717, 1.165) is 38.8 Å². The van der Waals surface area contributed by atoms with Crippen molar-refractivity contribution in [3.63, 3.8) is 0 Å². The topological polar surface area (TPSA) is 50.4 Å². The molecule has 1 aliphatic carbocycles. The molecule has 1 aliphatic heterocycles. The number of nitrogens with one attached hydrogen (secondary N) is 2. The quantitative estimate of drug-likeness (QED) is 0.755. The summed E-state index contributed by atoms with van der Waals surface area (Å²) in [6.07, 6.45) is 6.35. The number of rotatable bonds is 5. The molecule has 1 amide bonds. The molecule has 2 rings (SSSR count). The van der Waals surface area contributed by atoms with Crippen LogP contribution >= 0.6 is 0 Å². The fourth-order valence-corrected chi connectivity index (χ4v) is 3.06. The van der Waals surface area contributed by atoms with Crippen LogP contribution in [0.4, 0.5) is 0 Å². The van der Waals surface area contributed by atoms with Crippen LogP contribution in [-0.4, -0.2) is 38.8 Å². The molecule has 0 aromatic heterocycles. The number of carbonyl (C=O) groups is 1. The molecular formula is C13H24N2O2. The number of carbonyl (C=O) groups excluding carboxylic acids is 1. The van der Waals surface area contributed by atoms with Gasteiger partial charge in [0.2, 0.25) is 5.91 Å². The van der Waals surface area contributed by atoms with Gasteiger partial charge in [0.05, 0.1) is 5.41 Å². The molecule has 17 heavy (non-hydrogen) atoms. The normalized spacial score (nSPS) is 27.2. The fourth-order valence-electron chi connectivity index (χ4n) is 3.06. The van der Waals surface area contributed by atoms with Gasteiger partial charge in [-0.15, -0.1) is 0 Å². The van der Waals surface area contributed by atoms with E-state index in [0.29, 0.717) is 12.6 Å². The number of hydrogen-bond acceptors (Lipinski definition) is 3. The van der Waals surface area contributed by atoms with Crippen LogP contribution in [0.25, 0.3) is 0 Å². The van der Waals surface area contributed by atoms with Crippen molar-refractivity contribution in [2.24, 2.45) is 5.41 Å². The molecule has 1 saturated heterocycles. The average molecular weight is 240 g/mol. The Morgan fingerprint density at radius 1 is 1.47 bits per heavy atom. The molecule has 2 N–H and O–H groups in total. The molecule has 4 nitrogen and oxygen atoms in total. The van der Waals surface area contributed by atoms with Crippen molar-refractivity contribution in [3.05, 3.63) is 0 Å². The molecule has 1 heterocycles. The van der Waals surface area contributed by atoms with Gasteiger partial charge in [-0.2, -0.15) is 0 Å². The second kappa shape index (κ2) is 5.83. The highest BCUT2D eigenvalue weighted by molar-refractivity contribution is 5.83. The first-order chi connectivity index (χ1) is 8.27. The minimum atomic E-state index is -0.140. The van der Waals surface area contributed by atoms with E-state index in [9.17, 15) is 4.79 Å². The molecule has 0 bridgehead atoms. The Kier molecular flexibility index (Phi) is 4.40. The average Bonchev–Trinajstić information content (AvgIpc) is 2.97. The molecule has 1 saturated carbocycles. The van der Waals surface area contributed by atoms with Gasteiger partial charge in [0, 0.05) is 26.3 Å². The summed E-state index contributed by atoms with van der Waals surface area (Å²) in [5, 5.41) is 6.50. The van der Waals surface area contributed by atoms with Crippen LogP contribution in [0.3, 0.4) is 0 Å². The Balaban J connectivity index is 1.92. The van der Waals surface area contributed by atoms with Crippen molar-refractivity contribution in [1.82, 2.24) is 10.6 Å². The van der Waals surface area contributed by atoms with Crippen molar-refractivity contribution < 1.29 is 9.53 Å². The van der Waals surface area contributed by atoms with Crippen LogP contribution < -0.4 is 10.6 Å². The van der Waals surface area contributed by atoms with Gasteiger partial charge in [-0.25, -0.2) is 0 Å². The highest BCUT2D eigenvalue weighted by atomic mass is 16.5. The zero-order valence-corrected chi connectivity index (χ0v) is 10.8. The molecule has 2 fully saturated rings. The summed E-state index contributed by atoms with van der Waals surface area (Å²) in [5.41, 5.74) is -0.140. The lowest BCUT2D eigenvalue weighted by atomic mass is 9.81. The molecule has 1 atom stereocenters. The van der Waals surface area contributed by atoms with E-state index in [1.807, 2.05) is 0 Å². The Hall–Kier alpha value is -0.610. The minimum absolute atomic E-state index is 0.140. The summed E-state index contributed by atoms with van der Waals surface area (Å²) in [6, 6.07) is 0.336. The summed E-state index contributed by atoms with van der Waals surface area (Å²) in [6.45, 7) is 2.64. The zero-order chi connectivity index (χ0) is 12.1. The van der Waals surface area contributed by atoms with E-state index >= 15 is 0 Å². The molecule has 0 spiro atoms. The molecule has 1 unspecified atom stereocenters. The molecular weight excluding hydrogens is 216 g/mol. The lowest BCUT2D eigenvalue weighted by Crippen LogP contribution is -2.45. The molecule has 0 aromatic rings. The van der Waals surface area contributed by atoms with Gasteiger partial charge in [-0.05, 0) is 32.2 Å². The standard InChI is InChI=1S/C13H24N2O2/c1-17-9-7-13(5-2-3-6-13)12(16)15-11-4-8-14-10-11/h11,14H,2-10H2,1H3,(H,15,16). The van der Waals surface area contributed by atoms with Gasteiger partial charge in [0.15, 0.2) is 0 Å². The maximum atomic E-state index is 12.4. The van der Waals surface area contributed by atoms with Crippen LogP contribution in [0.1, 0.15) is 38.5 Å². The Morgan fingerprint density at radius 3 is 2.82 bits per heavy atom. The second-order valence-electron chi connectivity index (χ2n) is 5.39. The Labute approximate surface area is 103 Å². The molecule has 0 radical (unpaired) electrons. The largest absolute Gasteiger partial charge is 0.385 e. The summed E-state index contributed by atoms with van der Waals surface area (Å²) < 4.78 is 5.16. The number of hydrogen-bond donors (Lipinski definition) is 2. The first-order valence-electron chi connectivity index (χ1n) is 6.77. The van der Waals surface area contributed by atoms with E-state index in [4.69, 9.17) is 4.74 Å². The predicted octanol–water partition coefficient (Wildman–Crippen LogP) is 1.06. The zero-order valence-electron chi connectivity index (χ0n) is 10.8. The minimum Gasteiger partial charge on any atom is -0.385 e. The van der Waals surface area contributed by atoms with Crippen molar-refractivity contribution >= 4 is 5.91 Å². The lowest BCUT2D eigenvalue weighted by molar-refractivity contribution is -0.132. The van der Waals surface area contributed by atoms with Crippen molar-refractivity contribution in [2.75, 3.05) is 26.8 Å². The van der Waals surface area contributed by atoms with Gasteiger partial charge in [0.1, 0.15) is 0 Å². The number of ether oxygens (including phenoxy) is 1. The highest BCUT2D eigenvalue weighted by Crippen LogP contribution is 2.41. The van der Waals surface area contributed by atoms with E-state index < -0.39 is 0 Å². The van der Waals surface area contributed by atoms with Gasteiger partial charge < -0.3 is 15.4 Å². The summed E-state index contributed by atoms with van der Waals surface area (Å²) in [4.78, 5) is 12.4. The van der Waals surface area contributed by atoms with Gasteiger partial charge >= 0.3 is 0 Å². The lowest BCUT2D eigenvalue weighted by Gasteiger charge is -2.29. The fraction of sp³-hybridized carbons (Fsp3) is 0.923. The first kappa shape index (κ1) is 12.8. The second-order valence-corrected chi connectivity index (χ2v) is 5.39. The maximum absolute atomic E-state index is 12.4. The SMILES string of the molecule is COCCC1(C(=O)NC2CCNC2)CCCC1.